The maximum atomic E-state index is 13.3. The number of aromatic amines is 1. The average Bonchev–Trinajstić information content (AvgIpc) is 3.55. The van der Waals surface area contributed by atoms with Gasteiger partial charge in [0.05, 0.1) is 12.4 Å². The molecule has 206 valence electrons. The lowest BCUT2D eigenvalue weighted by Crippen LogP contribution is -2.57. The van der Waals surface area contributed by atoms with Gasteiger partial charge in [0.1, 0.15) is 18.1 Å². The summed E-state index contributed by atoms with van der Waals surface area (Å²) in [5.41, 5.74) is 17.3. The summed E-state index contributed by atoms with van der Waals surface area (Å²) < 4.78 is 0. The lowest BCUT2D eigenvalue weighted by Gasteiger charge is -2.29. The first-order valence-corrected chi connectivity index (χ1v) is 12.5. The van der Waals surface area contributed by atoms with Gasteiger partial charge in [0, 0.05) is 31.4 Å². The van der Waals surface area contributed by atoms with Crippen molar-refractivity contribution in [3.63, 3.8) is 0 Å². The van der Waals surface area contributed by atoms with Crippen LogP contribution < -0.4 is 27.8 Å². The van der Waals surface area contributed by atoms with Crippen molar-refractivity contribution in [2.24, 2.45) is 28.1 Å². The zero-order valence-corrected chi connectivity index (χ0v) is 21.4. The molecule has 1 aliphatic rings. The van der Waals surface area contributed by atoms with Gasteiger partial charge in [0.2, 0.25) is 17.7 Å². The van der Waals surface area contributed by atoms with Crippen molar-refractivity contribution >= 4 is 29.7 Å². The third kappa shape index (κ3) is 8.74. The third-order valence-corrected chi connectivity index (χ3v) is 6.51. The van der Waals surface area contributed by atoms with Crippen LogP contribution in [0.1, 0.15) is 51.6 Å². The van der Waals surface area contributed by atoms with E-state index in [0.717, 1.165) is 0 Å². The second-order valence-electron chi connectivity index (χ2n) is 9.30. The number of carbonyl (C=O) groups is 4. The van der Waals surface area contributed by atoms with Gasteiger partial charge in [-0.25, -0.2) is 9.78 Å². The van der Waals surface area contributed by atoms with Crippen LogP contribution in [0.3, 0.4) is 0 Å². The fourth-order valence-corrected chi connectivity index (χ4v) is 4.19. The van der Waals surface area contributed by atoms with Gasteiger partial charge in [-0.3, -0.25) is 19.4 Å². The van der Waals surface area contributed by atoms with E-state index in [2.05, 4.69) is 25.6 Å². The summed E-state index contributed by atoms with van der Waals surface area (Å²) in [6.07, 6.45) is 5.44. The largest absolute Gasteiger partial charge is 0.480 e. The molecule has 14 heteroatoms. The van der Waals surface area contributed by atoms with Crippen molar-refractivity contribution in [3.8, 4) is 0 Å². The molecule has 0 bridgehead atoms. The maximum Gasteiger partial charge on any atom is 0.326 e. The van der Waals surface area contributed by atoms with Gasteiger partial charge in [-0.1, -0.05) is 20.3 Å². The van der Waals surface area contributed by atoms with Crippen LogP contribution in [0.5, 0.6) is 0 Å². The number of carboxylic acid groups (broad SMARTS) is 1. The van der Waals surface area contributed by atoms with E-state index >= 15 is 0 Å². The Morgan fingerprint density at radius 2 is 2.03 bits per heavy atom. The van der Waals surface area contributed by atoms with Gasteiger partial charge in [-0.2, -0.15) is 0 Å². The van der Waals surface area contributed by atoms with Gasteiger partial charge in [0.15, 0.2) is 5.96 Å². The molecular formula is C23H39N9O5. The normalized spacial score (nSPS) is 18.4. The van der Waals surface area contributed by atoms with Crippen molar-refractivity contribution < 1.29 is 24.3 Å². The number of guanidine groups is 1. The highest BCUT2D eigenvalue weighted by atomic mass is 16.4. The Morgan fingerprint density at radius 1 is 1.30 bits per heavy atom. The molecule has 2 rings (SSSR count). The second-order valence-corrected chi connectivity index (χ2v) is 9.30. The number of nitrogens with zero attached hydrogens (tertiary/aromatic N) is 3. The van der Waals surface area contributed by atoms with Crippen molar-refractivity contribution in [1.82, 2.24) is 25.5 Å². The molecule has 10 N–H and O–H groups in total. The smallest absolute Gasteiger partial charge is 0.326 e. The predicted octanol–water partition coefficient (Wildman–Crippen LogP) is -1.58. The molecule has 0 spiro atoms. The summed E-state index contributed by atoms with van der Waals surface area (Å²) in [6, 6.07) is -3.80. The van der Waals surface area contributed by atoms with E-state index in [1.54, 1.807) is 6.92 Å². The quantitative estimate of drug-likeness (QED) is 0.0848. The number of H-pyrrole nitrogens is 1. The van der Waals surface area contributed by atoms with Crippen molar-refractivity contribution in [2.75, 3.05) is 13.1 Å². The number of likely N-dealkylation sites (tertiary alicyclic amines) is 1. The minimum atomic E-state index is -1.16. The van der Waals surface area contributed by atoms with Gasteiger partial charge >= 0.3 is 5.97 Å². The summed E-state index contributed by atoms with van der Waals surface area (Å²) in [5, 5.41) is 14.8. The first-order valence-electron chi connectivity index (χ1n) is 12.5. The molecule has 5 unspecified atom stereocenters. The van der Waals surface area contributed by atoms with Crippen LogP contribution in [-0.4, -0.2) is 86.9 Å². The Kier molecular flexibility index (Phi) is 11.3. The number of aliphatic imine (C=N–C) groups is 1. The zero-order chi connectivity index (χ0) is 27.5. The zero-order valence-electron chi connectivity index (χ0n) is 21.4. The Bertz CT molecular complexity index is 948. The van der Waals surface area contributed by atoms with E-state index < -0.39 is 42.0 Å². The summed E-state index contributed by atoms with van der Waals surface area (Å²) in [4.78, 5) is 63.2. The molecule has 5 atom stereocenters. The molecular weight excluding hydrogens is 482 g/mol. The van der Waals surface area contributed by atoms with E-state index in [1.165, 1.54) is 17.4 Å². The van der Waals surface area contributed by atoms with Crippen LogP contribution in [0, 0.1) is 5.92 Å². The Balaban J connectivity index is 2.10. The molecule has 2 heterocycles. The molecule has 1 aliphatic heterocycles. The SMILES string of the molecule is CCC(C)C(NC(=O)C(Cc1cnc[nH]1)NC(=O)C1CCCN1C(=O)C(N)CCCN=C(N)N)C(=O)O. The average molecular weight is 522 g/mol. The van der Waals surface area contributed by atoms with Crippen LogP contribution in [-0.2, 0) is 25.6 Å². The first kappa shape index (κ1) is 29.5. The van der Waals surface area contributed by atoms with E-state index in [-0.39, 0.29) is 24.2 Å². The Hall–Kier alpha value is -3.68. The summed E-state index contributed by atoms with van der Waals surface area (Å²) in [7, 11) is 0. The number of hydrogen-bond donors (Lipinski definition) is 7. The molecule has 1 fully saturated rings. The number of hydrogen-bond acceptors (Lipinski definition) is 7. The lowest BCUT2D eigenvalue weighted by molar-refractivity contribution is -0.144. The predicted molar refractivity (Wildman–Crippen MR) is 136 cm³/mol. The van der Waals surface area contributed by atoms with Crippen molar-refractivity contribution in [3.05, 3.63) is 18.2 Å². The molecule has 1 saturated heterocycles. The monoisotopic (exact) mass is 521 g/mol. The van der Waals surface area contributed by atoms with Gasteiger partial charge < -0.3 is 42.8 Å². The van der Waals surface area contributed by atoms with Crippen molar-refractivity contribution in [1.29, 1.82) is 0 Å². The van der Waals surface area contributed by atoms with Crippen LogP contribution in [0.15, 0.2) is 17.5 Å². The highest BCUT2D eigenvalue weighted by Gasteiger charge is 2.38. The van der Waals surface area contributed by atoms with E-state index in [9.17, 15) is 24.3 Å². The number of imidazole rings is 1. The topological polar surface area (TPSA) is 235 Å². The van der Waals surface area contributed by atoms with Gasteiger partial charge in [-0.05, 0) is 31.6 Å². The minimum Gasteiger partial charge on any atom is -0.480 e. The number of rotatable bonds is 14. The van der Waals surface area contributed by atoms with Gasteiger partial charge in [-0.15, -0.1) is 0 Å². The molecule has 1 aromatic rings. The third-order valence-electron chi connectivity index (χ3n) is 6.51. The number of carbonyl (C=O) groups excluding carboxylic acids is 3. The van der Waals surface area contributed by atoms with Crippen molar-refractivity contribution in [2.45, 2.75) is 76.5 Å². The van der Waals surface area contributed by atoms with Crippen LogP contribution >= 0.6 is 0 Å². The fraction of sp³-hybridized carbons (Fsp3) is 0.652. The summed E-state index contributed by atoms with van der Waals surface area (Å²) in [5.74, 6) is -3.02. The minimum absolute atomic E-state index is 0.0382. The molecule has 3 amide bonds. The number of amides is 3. The molecule has 1 aromatic heterocycles. The number of aliphatic carboxylic acids is 1. The highest BCUT2D eigenvalue weighted by Crippen LogP contribution is 2.20. The number of nitrogens with two attached hydrogens (primary N) is 3. The molecule has 37 heavy (non-hydrogen) atoms. The number of nitrogens with one attached hydrogen (secondary N) is 3. The molecule has 14 nitrogen and oxygen atoms in total. The van der Waals surface area contributed by atoms with E-state index in [1.807, 2.05) is 6.92 Å². The Labute approximate surface area is 215 Å². The first-order chi connectivity index (χ1) is 17.5. The Morgan fingerprint density at radius 3 is 2.62 bits per heavy atom. The molecule has 0 radical (unpaired) electrons. The van der Waals surface area contributed by atoms with Crippen LogP contribution in [0.2, 0.25) is 0 Å². The second kappa shape index (κ2) is 14.2. The van der Waals surface area contributed by atoms with Crippen LogP contribution in [0.25, 0.3) is 0 Å². The van der Waals surface area contributed by atoms with Gasteiger partial charge in [0.25, 0.3) is 0 Å². The molecule has 0 saturated carbocycles. The standard InChI is InChI=1S/C23H39N9O5/c1-3-13(2)18(22(36)37)31-19(33)16(10-14-11-27-12-29-14)30-20(34)17-7-5-9-32(17)21(35)15(24)6-4-8-28-23(25)26/h11-13,15-18H,3-10,24H2,1-2H3,(H,27,29)(H,30,34)(H,31,33)(H,36,37)(H4,25,26,28). The van der Waals surface area contributed by atoms with E-state index in [0.29, 0.717) is 50.9 Å². The number of carboxylic acids is 1. The summed E-state index contributed by atoms with van der Waals surface area (Å²) in [6.45, 7) is 4.26. The summed E-state index contributed by atoms with van der Waals surface area (Å²) >= 11 is 0. The lowest BCUT2D eigenvalue weighted by atomic mass is 9.98. The maximum absolute atomic E-state index is 13.3. The number of aromatic nitrogens is 2. The van der Waals surface area contributed by atoms with Crippen LogP contribution in [0.4, 0.5) is 0 Å². The fourth-order valence-electron chi connectivity index (χ4n) is 4.19. The molecule has 0 aliphatic carbocycles. The highest BCUT2D eigenvalue weighted by molar-refractivity contribution is 5.94. The van der Waals surface area contributed by atoms with E-state index in [4.69, 9.17) is 17.2 Å². The molecule has 0 aromatic carbocycles.